The summed E-state index contributed by atoms with van der Waals surface area (Å²) < 4.78 is 0. The second-order valence-corrected chi connectivity index (χ2v) is 5.68. The van der Waals surface area contributed by atoms with E-state index in [-0.39, 0.29) is 6.04 Å². The largest absolute Gasteiger partial charge is 0.478 e. The van der Waals surface area contributed by atoms with Crippen molar-refractivity contribution in [3.05, 3.63) is 35.4 Å². The molecule has 0 radical (unpaired) electrons. The fourth-order valence-electron chi connectivity index (χ4n) is 2.98. The molecular formula is C15H21NO3. The average Bonchev–Trinajstić information content (AvgIpc) is 2.69. The summed E-state index contributed by atoms with van der Waals surface area (Å²) in [6, 6.07) is 7.09. The molecule has 1 aliphatic carbocycles. The van der Waals surface area contributed by atoms with E-state index in [1.165, 1.54) is 0 Å². The lowest BCUT2D eigenvalue weighted by Crippen LogP contribution is -2.45. The van der Waals surface area contributed by atoms with Crippen LogP contribution in [0.15, 0.2) is 24.3 Å². The smallest absolute Gasteiger partial charge is 0.335 e. The summed E-state index contributed by atoms with van der Waals surface area (Å²) in [5.74, 6) is -0.904. The van der Waals surface area contributed by atoms with Gasteiger partial charge in [-0.3, -0.25) is 4.90 Å². The van der Waals surface area contributed by atoms with Gasteiger partial charge in [-0.2, -0.15) is 0 Å². The van der Waals surface area contributed by atoms with Crippen LogP contribution in [0.5, 0.6) is 0 Å². The van der Waals surface area contributed by atoms with Gasteiger partial charge < -0.3 is 10.2 Å². The lowest BCUT2D eigenvalue weighted by atomic mass is 9.99. The van der Waals surface area contributed by atoms with Crippen LogP contribution in [0.3, 0.4) is 0 Å². The van der Waals surface area contributed by atoms with Crippen LogP contribution in [-0.4, -0.2) is 39.8 Å². The molecule has 0 spiro atoms. The van der Waals surface area contributed by atoms with E-state index in [9.17, 15) is 9.90 Å². The van der Waals surface area contributed by atoms with Crippen LogP contribution >= 0.6 is 0 Å². The Kier molecular flexibility index (Phi) is 3.92. The zero-order chi connectivity index (χ0) is 14.0. The highest BCUT2D eigenvalue weighted by Crippen LogP contribution is 2.33. The van der Waals surface area contributed by atoms with Gasteiger partial charge in [0.1, 0.15) is 0 Å². The molecule has 0 aromatic heterocycles. The minimum Gasteiger partial charge on any atom is -0.478 e. The van der Waals surface area contributed by atoms with Crippen LogP contribution < -0.4 is 0 Å². The summed E-state index contributed by atoms with van der Waals surface area (Å²) in [7, 11) is 2.01. The zero-order valence-corrected chi connectivity index (χ0v) is 11.5. The summed E-state index contributed by atoms with van der Waals surface area (Å²) in [4.78, 5) is 12.9. The first-order chi connectivity index (χ1) is 8.90. The minimum absolute atomic E-state index is 0.173. The van der Waals surface area contributed by atoms with Gasteiger partial charge in [0.05, 0.1) is 11.2 Å². The van der Waals surface area contributed by atoms with Crippen molar-refractivity contribution in [3.63, 3.8) is 0 Å². The number of carbonyl (C=O) groups is 1. The van der Waals surface area contributed by atoms with Gasteiger partial charge in [0.2, 0.25) is 0 Å². The minimum atomic E-state index is -0.904. The van der Waals surface area contributed by atoms with E-state index < -0.39 is 11.6 Å². The fraction of sp³-hybridized carbons (Fsp3) is 0.533. The molecule has 0 heterocycles. The van der Waals surface area contributed by atoms with E-state index in [0.29, 0.717) is 5.56 Å². The van der Waals surface area contributed by atoms with Gasteiger partial charge in [-0.05, 0) is 50.9 Å². The van der Waals surface area contributed by atoms with Gasteiger partial charge in [0.25, 0.3) is 0 Å². The summed E-state index contributed by atoms with van der Waals surface area (Å²) in [6.07, 6.45) is 2.91. The van der Waals surface area contributed by atoms with E-state index in [1.54, 1.807) is 12.1 Å². The van der Waals surface area contributed by atoms with Crippen molar-refractivity contribution in [2.45, 2.75) is 44.4 Å². The molecule has 1 fully saturated rings. The van der Waals surface area contributed by atoms with E-state index >= 15 is 0 Å². The molecule has 19 heavy (non-hydrogen) atoms. The van der Waals surface area contributed by atoms with E-state index in [2.05, 4.69) is 4.90 Å². The van der Waals surface area contributed by atoms with Gasteiger partial charge in [-0.15, -0.1) is 0 Å². The molecule has 2 rings (SSSR count). The van der Waals surface area contributed by atoms with Crippen LogP contribution in [-0.2, 0) is 6.54 Å². The molecule has 4 heteroatoms. The van der Waals surface area contributed by atoms with Crippen molar-refractivity contribution in [1.29, 1.82) is 0 Å². The molecule has 2 atom stereocenters. The zero-order valence-electron chi connectivity index (χ0n) is 11.5. The summed E-state index contributed by atoms with van der Waals surface area (Å²) in [6.45, 7) is 2.62. The highest BCUT2D eigenvalue weighted by Gasteiger charge is 2.38. The number of aromatic carboxylic acids is 1. The summed E-state index contributed by atoms with van der Waals surface area (Å²) in [5, 5.41) is 19.2. The maximum atomic E-state index is 10.8. The van der Waals surface area contributed by atoms with Gasteiger partial charge in [0.15, 0.2) is 0 Å². The third kappa shape index (κ3) is 3.14. The highest BCUT2D eigenvalue weighted by atomic mass is 16.4. The molecule has 0 aliphatic heterocycles. The normalized spacial score (nSPS) is 26.8. The van der Waals surface area contributed by atoms with E-state index in [0.717, 1.165) is 31.4 Å². The lowest BCUT2D eigenvalue weighted by Gasteiger charge is -2.33. The fourth-order valence-corrected chi connectivity index (χ4v) is 2.98. The maximum absolute atomic E-state index is 10.8. The van der Waals surface area contributed by atoms with E-state index in [4.69, 9.17) is 5.11 Å². The Morgan fingerprint density at radius 1 is 1.42 bits per heavy atom. The topological polar surface area (TPSA) is 60.8 Å². The number of hydrogen-bond acceptors (Lipinski definition) is 3. The first-order valence-corrected chi connectivity index (χ1v) is 6.65. The van der Waals surface area contributed by atoms with Crippen molar-refractivity contribution < 1.29 is 15.0 Å². The molecule has 0 saturated heterocycles. The van der Waals surface area contributed by atoms with Crippen LogP contribution in [0, 0.1) is 0 Å². The summed E-state index contributed by atoms with van der Waals surface area (Å²) >= 11 is 0. The van der Waals surface area contributed by atoms with Gasteiger partial charge in [0, 0.05) is 12.6 Å². The Morgan fingerprint density at radius 2 is 2.05 bits per heavy atom. The third-order valence-electron chi connectivity index (χ3n) is 4.04. The first kappa shape index (κ1) is 14.0. The lowest BCUT2D eigenvalue weighted by molar-refractivity contribution is -0.00660. The Bertz CT molecular complexity index is 453. The Morgan fingerprint density at radius 3 is 2.53 bits per heavy atom. The predicted octanol–water partition coefficient (Wildman–Crippen LogP) is 2.12. The van der Waals surface area contributed by atoms with Crippen molar-refractivity contribution in [3.8, 4) is 0 Å². The number of carboxylic acid groups (broad SMARTS) is 1. The van der Waals surface area contributed by atoms with Crippen molar-refractivity contribution >= 4 is 5.97 Å². The molecule has 1 saturated carbocycles. The molecule has 104 valence electrons. The highest BCUT2D eigenvalue weighted by molar-refractivity contribution is 5.87. The molecular weight excluding hydrogens is 242 g/mol. The Balaban J connectivity index is 2.02. The summed E-state index contributed by atoms with van der Waals surface area (Å²) in [5.41, 5.74) is 0.755. The van der Waals surface area contributed by atoms with Crippen LogP contribution in [0.4, 0.5) is 0 Å². The molecule has 0 amide bonds. The van der Waals surface area contributed by atoms with Crippen molar-refractivity contribution in [2.75, 3.05) is 7.05 Å². The number of nitrogens with zero attached hydrogens (tertiary/aromatic N) is 1. The monoisotopic (exact) mass is 263 g/mol. The standard InChI is InChI=1S/C15H21NO3/c1-15(19)9-3-4-13(15)16(2)10-11-5-7-12(8-6-11)14(17)18/h5-8,13,19H,3-4,9-10H2,1-2H3,(H,17,18). The second kappa shape index (κ2) is 5.31. The molecule has 1 aromatic rings. The van der Waals surface area contributed by atoms with Crippen molar-refractivity contribution in [2.24, 2.45) is 0 Å². The van der Waals surface area contributed by atoms with Gasteiger partial charge in [-0.25, -0.2) is 4.79 Å². The molecule has 1 aromatic carbocycles. The van der Waals surface area contributed by atoms with Gasteiger partial charge in [-0.1, -0.05) is 12.1 Å². The van der Waals surface area contributed by atoms with Crippen molar-refractivity contribution in [1.82, 2.24) is 4.90 Å². The van der Waals surface area contributed by atoms with E-state index in [1.807, 2.05) is 26.1 Å². The number of benzene rings is 1. The Labute approximate surface area is 113 Å². The number of carboxylic acids is 1. The SMILES string of the molecule is CN(Cc1ccc(C(=O)O)cc1)C1CCCC1(C)O. The first-order valence-electron chi connectivity index (χ1n) is 6.65. The molecule has 4 nitrogen and oxygen atoms in total. The average molecular weight is 263 g/mol. The third-order valence-corrected chi connectivity index (χ3v) is 4.04. The molecule has 2 unspecified atom stereocenters. The number of likely N-dealkylation sites (N-methyl/N-ethyl adjacent to an activating group) is 1. The number of rotatable bonds is 4. The Hall–Kier alpha value is -1.39. The molecule has 1 aliphatic rings. The van der Waals surface area contributed by atoms with Crippen LogP contribution in [0.2, 0.25) is 0 Å². The molecule has 0 bridgehead atoms. The molecule has 2 N–H and O–H groups in total. The quantitative estimate of drug-likeness (QED) is 0.873. The number of aliphatic hydroxyl groups is 1. The second-order valence-electron chi connectivity index (χ2n) is 5.68. The maximum Gasteiger partial charge on any atom is 0.335 e. The van der Waals surface area contributed by atoms with Crippen LogP contribution in [0.1, 0.15) is 42.1 Å². The van der Waals surface area contributed by atoms with Crippen LogP contribution in [0.25, 0.3) is 0 Å². The van der Waals surface area contributed by atoms with Gasteiger partial charge >= 0.3 is 5.97 Å². The predicted molar refractivity (Wildman–Crippen MR) is 73.1 cm³/mol. The number of hydrogen-bond donors (Lipinski definition) is 2.